The Labute approximate surface area is 122 Å². The third-order valence-corrected chi connectivity index (χ3v) is 5.38. The van der Waals surface area contributed by atoms with E-state index in [1.165, 1.54) is 0 Å². The van der Waals surface area contributed by atoms with Crippen LogP contribution in [0, 0.1) is 0 Å². The van der Waals surface area contributed by atoms with Crippen LogP contribution >= 0.6 is 0 Å². The minimum absolute atomic E-state index is 0.0888. The topological polar surface area (TPSA) is 57.6 Å². The molecule has 0 aliphatic carbocycles. The first-order valence-corrected chi connectivity index (χ1v) is 8.85. The summed E-state index contributed by atoms with van der Waals surface area (Å²) in [5.41, 5.74) is 0.961. The molecule has 1 aromatic rings. The van der Waals surface area contributed by atoms with Crippen LogP contribution in [-0.2, 0) is 9.84 Å². The molecule has 0 radical (unpaired) electrons. The van der Waals surface area contributed by atoms with Gasteiger partial charge in [-0.05, 0) is 37.1 Å². The quantitative estimate of drug-likeness (QED) is 0.801. The Bertz CT molecular complexity index is 492. The lowest BCUT2D eigenvalue weighted by molar-refractivity contribution is 0.296. The molecule has 0 atom stereocenters. The molecule has 0 amide bonds. The van der Waals surface area contributed by atoms with Gasteiger partial charge in [0.15, 0.2) is 9.84 Å². The van der Waals surface area contributed by atoms with Gasteiger partial charge in [-0.3, -0.25) is 0 Å². The molecule has 114 valence electrons. The van der Waals surface area contributed by atoms with Crippen LogP contribution in [0.1, 0.15) is 33.6 Å². The van der Waals surface area contributed by atoms with Gasteiger partial charge >= 0.3 is 0 Å². The van der Waals surface area contributed by atoms with Gasteiger partial charge in [-0.25, -0.2) is 8.42 Å². The van der Waals surface area contributed by atoms with Gasteiger partial charge in [0, 0.05) is 18.3 Å². The summed E-state index contributed by atoms with van der Waals surface area (Å²) in [7, 11) is -3.15. The van der Waals surface area contributed by atoms with Crippen LogP contribution in [0.25, 0.3) is 0 Å². The lowest BCUT2D eigenvalue weighted by Gasteiger charge is -2.32. The van der Waals surface area contributed by atoms with Gasteiger partial charge < -0.3 is 10.0 Å². The maximum Gasteiger partial charge on any atom is 0.178 e. The molecule has 0 saturated heterocycles. The second-order valence-corrected chi connectivity index (χ2v) is 7.06. The molecule has 4 nitrogen and oxygen atoms in total. The van der Waals surface area contributed by atoms with Crippen molar-refractivity contribution in [2.75, 3.05) is 23.8 Å². The van der Waals surface area contributed by atoms with Gasteiger partial charge in [-0.2, -0.15) is 0 Å². The van der Waals surface area contributed by atoms with E-state index in [1.807, 2.05) is 12.1 Å². The minimum atomic E-state index is -3.15. The average Bonchev–Trinajstić information content (AvgIpc) is 2.47. The molecule has 1 rings (SSSR count). The summed E-state index contributed by atoms with van der Waals surface area (Å²) in [5.74, 6) is 0.110. The van der Waals surface area contributed by atoms with Gasteiger partial charge in [0.1, 0.15) is 0 Å². The van der Waals surface area contributed by atoms with E-state index < -0.39 is 9.84 Å². The van der Waals surface area contributed by atoms with E-state index in [9.17, 15) is 13.5 Å². The van der Waals surface area contributed by atoms with Crippen molar-refractivity contribution in [3.63, 3.8) is 0 Å². The maximum absolute atomic E-state index is 11.8. The summed E-state index contributed by atoms with van der Waals surface area (Å²) in [6, 6.07) is 7.32. The molecule has 1 aromatic carbocycles. The van der Waals surface area contributed by atoms with Crippen molar-refractivity contribution < 1.29 is 13.5 Å². The van der Waals surface area contributed by atoms with E-state index in [-0.39, 0.29) is 12.4 Å². The summed E-state index contributed by atoms with van der Waals surface area (Å²) in [6.45, 7) is 6.53. The number of aliphatic hydroxyl groups is 1. The van der Waals surface area contributed by atoms with Crippen LogP contribution in [-0.4, -0.2) is 38.5 Å². The van der Waals surface area contributed by atoms with Gasteiger partial charge in [0.2, 0.25) is 0 Å². The Morgan fingerprint density at radius 2 is 1.65 bits per heavy atom. The first-order chi connectivity index (χ1) is 9.50. The first-order valence-electron chi connectivity index (χ1n) is 7.20. The van der Waals surface area contributed by atoms with Crippen molar-refractivity contribution in [3.8, 4) is 0 Å². The van der Waals surface area contributed by atoms with Crippen molar-refractivity contribution >= 4 is 15.5 Å². The van der Waals surface area contributed by atoms with E-state index >= 15 is 0 Å². The highest BCUT2D eigenvalue weighted by atomic mass is 32.2. The zero-order chi connectivity index (χ0) is 15.2. The Hall–Kier alpha value is -1.07. The van der Waals surface area contributed by atoms with Crippen LogP contribution in [0.2, 0.25) is 0 Å². The van der Waals surface area contributed by atoms with Gasteiger partial charge in [-0.1, -0.05) is 20.8 Å². The Morgan fingerprint density at radius 3 is 2.05 bits per heavy atom. The van der Waals surface area contributed by atoms with Gasteiger partial charge in [-0.15, -0.1) is 0 Å². The van der Waals surface area contributed by atoms with E-state index in [4.69, 9.17) is 0 Å². The highest BCUT2D eigenvalue weighted by Gasteiger charge is 2.17. The number of benzene rings is 1. The van der Waals surface area contributed by atoms with Gasteiger partial charge in [0.05, 0.1) is 17.3 Å². The Kier molecular flexibility index (Phi) is 6.49. The summed E-state index contributed by atoms with van der Waals surface area (Å²) < 4.78 is 23.6. The molecular weight excluding hydrogens is 274 g/mol. The molecule has 0 bridgehead atoms. The molecule has 0 unspecified atom stereocenters. The molecule has 0 aliphatic heterocycles. The van der Waals surface area contributed by atoms with Crippen LogP contribution < -0.4 is 4.90 Å². The average molecular weight is 299 g/mol. The monoisotopic (exact) mass is 299 g/mol. The SMILES string of the molecule is CCC(CC)N(CCO)c1ccc(S(=O)(=O)CC)cc1. The lowest BCUT2D eigenvalue weighted by Crippen LogP contribution is -2.36. The van der Waals surface area contributed by atoms with E-state index in [1.54, 1.807) is 19.1 Å². The largest absolute Gasteiger partial charge is 0.395 e. The first kappa shape index (κ1) is 17.0. The smallest absolute Gasteiger partial charge is 0.178 e. The molecule has 0 aromatic heterocycles. The molecule has 0 aliphatic rings. The summed E-state index contributed by atoms with van der Waals surface area (Å²) in [4.78, 5) is 2.50. The maximum atomic E-state index is 11.8. The van der Waals surface area contributed by atoms with Crippen LogP contribution in [0.4, 0.5) is 5.69 Å². The number of anilines is 1. The zero-order valence-corrected chi connectivity index (χ0v) is 13.4. The normalized spacial score (nSPS) is 11.8. The fourth-order valence-electron chi connectivity index (χ4n) is 2.37. The molecule has 1 N–H and O–H groups in total. The Morgan fingerprint density at radius 1 is 1.10 bits per heavy atom. The second-order valence-electron chi connectivity index (χ2n) is 4.78. The van der Waals surface area contributed by atoms with Crippen molar-refractivity contribution in [1.82, 2.24) is 0 Å². The van der Waals surface area contributed by atoms with Crippen molar-refractivity contribution in [1.29, 1.82) is 0 Å². The lowest BCUT2D eigenvalue weighted by atomic mass is 10.1. The Balaban J connectivity index is 3.05. The number of sulfone groups is 1. The third-order valence-electron chi connectivity index (χ3n) is 3.63. The second kappa shape index (κ2) is 7.64. The molecule has 5 heteroatoms. The zero-order valence-electron chi connectivity index (χ0n) is 12.5. The predicted octanol–water partition coefficient (Wildman–Crippen LogP) is 2.47. The molecule has 0 fully saturated rings. The predicted molar refractivity (Wildman–Crippen MR) is 83.0 cm³/mol. The molecular formula is C15H25NO3S. The summed E-state index contributed by atoms with van der Waals surface area (Å²) >= 11 is 0. The number of nitrogens with zero attached hydrogens (tertiary/aromatic N) is 1. The van der Waals surface area contributed by atoms with Crippen molar-refractivity contribution in [3.05, 3.63) is 24.3 Å². The fourth-order valence-corrected chi connectivity index (χ4v) is 3.26. The summed E-state index contributed by atoms with van der Waals surface area (Å²) in [5, 5.41) is 9.22. The number of aliphatic hydroxyl groups excluding tert-OH is 1. The molecule has 0 spiro atoms. The van der Waals surface area contributed by atoms with E-state index in [2.05, 4.69) is 18.7 Å². The molecule has 20 heavy (non-hydrogen) atoms. The molecule has 0 saturated carbocycles. The van der Waals surface area contributed by atoms with Crippen LogP contribution in [0.3, 0.4) is 0 Å². The van der Waals surface area contributed by atoms with Crippen molar-refractivity contribution in [2.45, 2.75) is 44.6 Å². The standard InChI is InChI=1S/C15H25NO3S/c1-4-13(5-2)16(11-12-17)14-7-9-15(10-8-14)20(18,19)6-3/h7-10,13,17H,4-6,11-12H2,1-3H3. The van der Waals surface area contributed by atoms with E-state index in [0.29, 0.717) is 17.5 Å². The highest BCUT2D eigenvalue weighted by Crippen LogP contribution is 2.22. The summed E-state index contributed by atoms with van der Waals surface area (Å²) in [6.07, 6.45) is 1.98. The van der Waals surface area contributed by atoms with Crippen LogP contribution in [0.5, 0.6) is 0 Å². The molecule has 0 heterocycles. The van der Waals surface area contributed by atoms with E-state index in [0.717, 1.165) is 18.5 Å². The number of hydrogen-bond donors (Lipinski definition) is 1. The highest BCUT2D eigenvalue weighted by molar-refractivity contribution is 7.91. The number of rotatable bonds is 8. The van der Waals surface area contributed by atoms with Crippen molar-refractivity contribution in [2.24, 2.45) is 0 Å². The van der Waals surface area contributed by atoms with Crippen LogP contribution in [0.15, 0.2) is 29.2 Å². The minimum Gasteiger partial charge on any atom is -0.395 e. The van der Waals surface area contributed by atoms with Gasteiger partial charge in [0.25, 0.3) is 0 Å². The third kappa shape index (κ3) is 3.96. The number of hydrogen-bond acceptors (Lipinski definition) is 4. The fraction of sp³-hybridized carbons (Fsp3) is 0.600.